The molecular weight excluding hydrogens is 202 g/mol. The summed E-state index contributed by atoms with van der Waals surface area (Å²) in [5.41, 5.74) is 0.929. The molecule has 1 heterocycles. The van der Waals surface area contributed by atoms with E-state index in [0.717, 1.165) is 24.3 Å². The first kappa shape index (κ1) is 11.4. The SMILES string of the molecule is COc1cccc([C@H](O)[C@@H]2CCCCN2)c1. The van der Waals surface area contributed by atoms with Gasteiger partial charge >= 0.3 is 0 Å². The van der Waals surface area contributed by atoms with Crippen LogP contribution in [0.5, 0.6) is 5.75 Å². The van der Waals surface area contributed by atoms with Crippen molar-refractivity contribution in [3.05, 3.63) is 29.8 Å². The highest BCUT2D eigenvalue weighted by molar-refractivity contribution is 5.30. The minimum Gasteiger partial charge on any atom is -0.497 e. The van der Waals surface area contributed by atoms with E-state index < -0.39 is 6.10 Å². The van der Waals surface area contributed by atoms with Gasteiger partial charge in [0.1, 0.15) is 5.75 Å². The van der Waals surface area contributed by atoms with Crippen molar-refractivity contribution < 1.29 is 9.84 Å². The maximum absolute atomic E-state index is 10.2. The van der Waals surface area contributed by atoms with Gasteiger partial charge in [-0.3, -0.25) is 0 Å². The fourth-order valence-electron chi connectivity index (χ4n) is 2.21. The molecule has 88 valence electrons. The summed E-state index contributed by atoms with van der Waals surface area (Å²) in [7, 11) is 1.64. The van der Waals surface area contributed by atoms with Crippen molar-refractivity contribution in [2.75, 3.05) is 13.7 Å². The van der Waals surface area contributed by atoms with Gasteiger partial charge in [-0.25, -0.2) is 0 Å². The minimum atomic E-state index is -0.435. The van der Waals surface area contributed by atoms with Gasteiger partial charge in [0.25, 0.3) is 0 Å². The van der Waals surface area contributed by atoms with E-state index in [9.17, 15) is 5.11 Å². The lowest BCUT2D eigenvalue weighted by Crippen LogP contribution is -2.38. The smallest absolute Gasteiger partial charge is 0.119 e. The summed E-state index contributed by atoms with van der Waals surface area (Å²) >= 11 is 0. The van der Waals surface area contributed by atoms with Crippen LogP contribution in [-0.4, -0.2) is 24.8 Å². The molecule has 0 bridgehead atoms. The molecule has 1 aliphatic rings. The lowest BCUT2D eigenvalue weighted by molar-refractivity contribution is 0.113. The van der Waals surface area contributed by atoms with E-state index in [2.05, 4.69) is 5.32 Å². The predicted octanol–water partition coefficient (Wildman–Crippen LogP) is 1.87. The van der Waals surface area contributed by atoms with Crippen molar-refractivity contribution in [1.29, 1.82) is 0 Å². The summed E-state index contributed by atoms with van der Waals surface area (Å²) in [6.07, 6.45) is 3.01. The van der Waals surface area contributed by atoms with E-state index in [4.69, 9.17) is 4.74 Å². The molecule has 0 aromatic heterocycles. The number of aliphatic hydroxyl groups is 1. The van der Waals surface area contributed by atoms with Crippen LogP contribution in [-0.2, 0) is 0 Å². The van der Waals surface area contributed by atoms with Crippen molar-refractivity contribution in [3.63, 3.8) is 0 Å². The molecule has 1 fully saturated rings. The van der Waals surface area contributed by atoms with Crippen LogP contribution in [0, 0.1) is 0 Å². The molecule has 2 rings (SSSR count). The van der Waals surface area contributed by atoms with Gasteiger partial charge in [-0.1, -0.05) is 18.6 Å². The number of methoxy groups -OCH3 is 1. The lowest BCUT2D eigenvalue weighted by atomic mass is 9.95. The molecule has 0 spiro atoms. The van der Waals surface area contributed by atoms with Crippen molar-refractivity contribution in [2.24, 2.45) is 0 Å². The van der Waals surface area contributed by atoms with E-state index >= 15 is 0 Å². The van der Waals surface area contributed by atoms with Crippen molar-refractivity contribution in [2.45, 2.75) is 31.4 Å². The Balaban J connectivity index is 2.09. The highest BCUT2D eigenvalue weighted by Gasteiger charge is 2.22. The number of piperidine rings is 1. The van der Waals surface area contributed by atoms with Crippen LogP contribution in [0.15, 0.2) is 24.3 Å². The maximum Gasteiger partial charge on any atom is 0.119 e. The second kappa shape index (κ2) is 5.32. The van der Waals surface area contributed by atoms with Crippen LogP contribution in [0.3, 0.4) is 0 Å². The number of ether oxygens (including phenoxy) is 1. The first-order valence-corrected chi connectivity index (χ1v) is 5.86. The zero-order valence-electron chi connectivity index (χ0n) is 9.65. The van der Waals surface area contributed by atoms with Gasteiger partial charge in [0, 0.05) is 6.04 Å². The van der Waals surface area contributed by atoms with Crippen LogP contribution in [0.1, 0.15) is 30.9 Å². The van der Waals surface area contributed by atoms with Gasteiger partial charge in [0.2, 0.25) is 0 Å². The van der Waals surface area contributed by atoms with Gasteiger partial charge < -0.3 is 15.2 Å². The maximum atomic E-state index is 10.2. The van der Waals surface area contributed by atoms with E-state index in [1.807, 2.05) is 24.3 Å². The summed E-state index contributed by atoms with van der Waals surface area (Å²) in [6.45, 7) is 1.01. The quantitative estimate of drug-likeness (QED) is 0.818. The zero-order valence-corrected chi connectivity index (χ0v) is 9.65. The number of hydrogen-bond donors (Lipinski definition) is 2. The van der Waals surface area contributed by atoms with Crippen molar-refractivity contribution in [1.82, 2.24) is 5.32 Å². The Morgan fingerprint density at radius 1 is 1.44 bits per heavy atom. The fraction of sp³-hybridized carbons (Fsp3) is 0.538. The largest absolute Gasteiger partial charge is 0.497 e. The molecule has 2 N–H and O–H groups in total. The molecule has 1 aromatic carbocycles. The van der Waals surface area contributed by atoms with Crippen LogP contribution >= 0.6 is 0 Å². The molecule has 1 saturated heterocycles. The second-order valence-electron chi connectivity index (χ2n) is 4.28. The zero-order chi connectivity index (χ0) is 11.4. The Kier molecular flexibility index (Phi) is 3.80. The number of hydrogen-bond acceptors (Lipinski definition) is 3. The summed E-state index contributed by atoms with van der Waals surface area (Å²) in [5.74, 6) is 0.798. The molecule has 0 radical (unpaired) electrons. The Bertz CT molecular complexity index is 334. The highest BCUT2D eigenvalue weighted by Crippen LogP contribution is 2.25. The molecule has 3 nitrogen and oxygen atoms in total. The Morgan fingerprint density at radius 3 is 3.00 bits per heavy atom. The standard InChI is InChI=1S/C13H19NO2/c1-16-11-6-4-5-10(9-11)13(15)12-7-2-3-8-14-12/h4-6,9,12-15H,2-3,7-8H2,1H3/t12-,13-/m0/s1. The predicted molar refractivity (Wildman–Crippen MR) is 63.6 cm³/mol. The monoisotopic (exact) mass is 221 g/mol. The Morgan fingerprint density at radius 2 is 2.31 bits per heavy atom. The van der Waals surface area contributed by atoms with Gasteiger partial charge in [-0.2, -0.15) is 0 Å². The number of rotatable bonds is 3. The summed E-state index contributed by atoms with van der Waals surface area (Å²) in [4.78, 5) is 0. The fourth-order valence-corrected chi connectivity index (χ4v) is 2.21. The molecule has 2 atom stereocenters. The average molecular weight is 221 g/mol. The van der Waals surface area contributed by atoms with Gasteiger partial charge in [-0.15, -0.1) is 0 Å². The van der Waals surface area contributed by atoms with Crippen molar-refractivity contribution in [3.8, 4) is 5.75 Å². The summed E-state index contributed by atoms with van der Waals surface area (Å²) in [6, 6.07) is 7.84. The normalized spacial score (nSPS) is 22.8. The molecule has 0 saturated carbocycles. The first-order valence-electron chi connectivity index (χ1n) is 5.86. The lowest BCUT2D eigenvalue weighted by Gasteiger charge is -2.28. The number of aliphatic hydroxyl groups excluding tert-OH is 1. The third kappa shape index (κ3) is 2.54. The molecule has 0 aliphatic carbocycles. The minimum absolute atomic E-state index is 0.181. The van der Waals surface area contributed by atoms with Gasteiger partial charge in [0.15, 0.2) is 0 Å². The van der Waals surface area contributed by atoms with Crippen LogP contribution < -0.4 is 10.1 Å². The topological polar surface area (TPSA) is 41.5 Å². The molecule has 1 aliphatic heterocycles. The van der Waals surface area contributed by atoms with E-state index in [0.29, 0.717) is 0 Å². The van der Waals surface area contributed by atoms with Gasteiger partial charge in [0.05, 0.1) is 13.2 Å². The third-order valence-corrected chi connectivity index (χ3v) is 3.16. The molecule has 16 heavy (non-hydrogen) atoms. The van der Waals surface area contributed by atoms with E-state index in [1.54, 1.807) is 7.11 Å². The molecule has 0 unspecified atom stereocenters. The number of nitrogens with one attached hydrogen (secondary N) is 1. The van der Waals surface area contributed by atoms with Gasteiger partial charge in [-0.05, 0) is 37.1 Å². The Labute approximate surface area is 96.4 Å². The molecule has 1 aromatic rings. The molecule has 0 amide bonds. The molecular formula is C13H19NO2. The third-order valence-electron chi connectivity index (χ3n) is 3.16. The van der Waals surface area contributed by atoms with E-state index in [-0.39, 0.29) is 6.04 Å². The summed E-state index contributed by atoms with van der Waals surface area (Å²) in [5, 5.41) is 13.6. The Hall–Kier alpha value is -1.06. The average Bonchev–Trinajstić information content (AvgIpc) is 2.39. The first-order chi connectivity index (χ1) is 7.81. The van der Waals surface area contributed by atoms with Crippen LogP contribution in [0.4, 0.5) is 0 Å². The van der Waals surface area contributed by atoms with E-state index in [1.165, 1.54) is 12.8 Å². The van der Waals surface area contributed by atoms with Crippen LogP contribution in [0.25, 0.3) is 0 Å². The molecule has 3 heteroatoms. The second-order valence-corrected chi connectivity index (χ2v) is 4.28. The number of benzene rings is 1. The van der Waals surface area contributed by atoms with Crippen molar-refractivity contribution >= 4 is 0 Å². The highest BCUT2D eigenvalue weighted by atomic mass is 16.5. The summed E-state index contributed by atoms with van der Waals surface area (Å²) < 4.78 is 5.16. The van der Waals surface area contributed by atoms with Crippen LogP contribution in [0.2, 0.25) is 0 Å².